The largest absolute Gasteiger partial charge is 0.476 e. The lowest BCUT2D eigenvalue weighted by Gasteiger charge is -2.34. The molecule has 1 aliphatic rings. The summed E-state index contributed by atoms with van der Waals surface area (Å²) in [6.07, 6.45) is 0. The van der Waals surface area contributed by atoms with Gasteiger partial charge in [-0.1, -0.05) is 12.1 Å². The fourth-order valence-electron chi connectivity index (χ4n) is 2.87. The third-order valence-corrected chi connectivity index (χ3v) is 4.18. The summed E-state index contributed by atoms with van der Waals surface area (Å²) in [5.74, 6) is -1.07. The van der Waals surface area contributed by atoms with Crippen molar-refractivity contribution in [2.75, 3.05) is 44.2 Å². The molecule has 3 rings (SSSR count). The molecule has 0 spiro atoms. The molecule has 0 saturated carbocycles. The van der Waals surface area contributed by atoms with E-state index in [4.69, 9.17) is 5.11 Å². The molecule has 2 N–H and O–H groups in total. The Kier molecular flexibility index (Phi) is 5.09. The molecule has 2 aromatic rings. The molecule has 1 fully saturated rings. The number of carboxylic acids is 1. The van der Waals surface area contributed by atoms with Crippen LogP contribution in [0.15, 0.2) is 24.3 Å². The number of aliphatic hydroxyl groups excluding tert-OH is 1. The van der Waals surface area contributed by atoms with Gasteiger partial charge in [0.25, 0.3) is 5.69 Å². The molecule has 0 aliphatic carbocycles. The smallest absolute Gasteiger partial charge is 0.360 e. The van der Waals surface area contributed by atoms with Gasteiger partial charge in [0.2, 0.25) is 5.69 Å². The number of piperazine rings is 1. The van der Waals surface area contributed by atoms with E-state index in [-0.39, 0.29) is 29.5 Å². The molecule has 0 atom stereocenters. The number of hydrogen-bond acceptors (Lipinski definition) is 8. The lowest BCUT2D eigenvalue weighted by Crippen LogP contribution is -2.47. The summed E-state index contributed by atoms with van der Waals surface area (Å²) in [6.45, 7) is 2.97. The van der Waals surface area contributed by atoms with Crippen molar-refractivity contribution in [3.8, 4) is 5.69 Å². The first-order chi connectivity index (χ1) is 12.5. The highest BCUT2D eigenvalue weighted by Gasteiger charge is 2.28. The number of nitrogens with zero attached hydrogens (tertiary/aromatic N) is 6. The molecule has 11 heteroatoms. The van der Waals surface area contributed by atoms with Gasteiger partial charge in [-0.25, -0.2) is 4.79 Å². The highest BCUT2D eigenvalue weighted by Crippen LogP contribution is 2.24. The fraction of sp³-hybridized carbons (Fsp3) is 0.400. The zero-order chi connectivity index (χ0) is 18.7. The van der Waals surface area contributed by atoms with E-state index in [1.54, 1.807) is 11.0 Å². The zero-order valence-electron chi connectivity index (χ0n) is 13.9. The number of carboxylic acid groups (broad SMARTS) is 1. The Labute approximate surface area is 148 Å². The normalized spacial score (nSPS) is 15.2. The Morgan fingerprint density at radius 2 is 1.88 bits per heavy atom. The number of para-hydroxylation sites is 2. The van der Waals surface area contributed by atoms with Crippen LogP contribution in [-0.2, 0) is 0 Å². The Balaban J connectivity index is 1.93. The highest BCUT2D eigenvalue weighted by molar-refractivity contribution is 5.91. The van der Waals surface area contributed by atoms with Gasteiger partial charge < -0.3 is 15.1 Å². The first-order valence-electron chi connectivity index (χ1n) is 8.04. The van der Waals surface area contributed by atoms with Crippen LogP contribution in [0.1, 0.15) is 10.5 Å². The second kappa shape index (κ2) is 7.45. The Hall–Kier alpha value is -3.05. The molecular formula is C15H18N6O5. The molecular weight excluding hydrogens is 344 g/mol. The van der Waals surface area contributed by atoms with Gasteiger partial charge in [-0.2, -0.15) is 0 Å². The SMILES string of the molecule is O=C(O)c1nn(-c2ccccc2[N+](=O)[O-])nc1N1CCN(CCO)CC1. The van der Waals surface area contributed by atoms with Crippen LogP contribution in [0.2, 0.25) is 0 Å². The topological polar surface area (TPSA) is 138 Å². The minimum absolute atomic E-state index is 0.0637. The maximum absolute atomic E-state index is 11.6. The summed E-state index contributed by atoms with van der Waals surface area (Å²) >= 11 is 0. The maximum atomic E-state index is 11.6. The number of nitro groups is 1. The number of anilines is 1. The Bertz CT molecular complexity index is 815. The van der Waals surface area contributed by atoms with E-state index < -0.39 is 10.9 Å². The summed E-state index contributed by atoms with van der Waals surface area (Å²) in [7, 11) is 0. The van der Waals surface area contributed by atoms with Gasteiger partial charge in [-0.05, 0) is 6.07 Å². The van der Waals surface area contributed by atoms with Crippen molar-refractivity contribution >= 4 is 17.5 Å². The molecule has 0 bridgehead atoms. The lowest BCUT2D eigenvalue weighted by molar-refractivity contribution is -0.384. The number of β-amino-alcohol motifs (C(OH)–C–C–N with tert-alkyl or cyclic N) is 1. The standard InChI is InChI=1S/C15H18N6O5/c22-10-9-18-5-7-19(8-6-18)14-13(15(23)24)16-20(17-14)11-3-1-2-4-12(11)21(25)26/h1-4,22H,5-10H2,(H,23,24). The predicted molar refractivity (Wildman–Crippen MR) is 90.7 cm³/mol. The Morgan fingerprint density at radius 3 is 2.50 bits per heavy atom. The minimum atomic E-state index is -1.25. The number of benzene rings is 1. The average Bonchev–Trinajstić information content (AvgIpc) is 3.08. The molecule has 138 valence electrons. The maximum Gasteiger partial charge on any atom is 0.360 e. The number of carbonyl (C=O) groups is 1. The average molecular weight is 362 g/mol. The van der Waals surface area contributed by atoms with Gasteiger partial charge in [0, 0.05) is 38.8 Å². The van der Waals surface area contributed by atoms with Crippen LogP contribution in [0.4, 0.5) is 11.5 Å². The summed E-state index contributed by atoms with van der Waals surface area (Å²) in [6, 6.07) is 5.89. The molecule has 0 amide bonds. The van der Waals surface area contributed by atoms with E-state index in [0.717, 1.165) is 4.80 Å². The van der Waals surface area contributed by atoms with Crippen LogP contribution in [0, 0.1) is 10.1 Å². The number of nitro benzene ring substituents is 1. The number of hydrogen-bond donors (Lipinski definition) is 2. The van der Waals surface area contributed by atoms with Gasteiger partial charge in [0.15, 0.2) is 11.5 Å². The summed E-state index contributed by atoms with van der Waals surface area (Å²) in [5.41, 5.74) is -0.359. The van der Waals surface area contributed by atoms with Crippen LogP contribution in [-0.4, -0.2) is 80.3 Å². The number of rotatable bonds is 6. The van der Waals surface area contributed by atoms with Gasteiger partial charge >= 0.3 is 5.97 Å². The first-order valence-corrected chi connectivity index (χ1v) is 8.04. The first kappa shape index (κ1) is 17.8. The van der Waals surface area contributed by atoms with E-state index in [2.05, 4.69) is 15.1 Å². The van der Waals surface area contributed by atoms with Crippen molar-refractivity contribution in [1.82, 2.24) is 19.9 Å². The van der Waals surface area contributed by atoms with Gasteiger partial charge in [0.1, 0.15) is 0 Å². The molecule has 2 heterocycles. The predicted octanol–water partition coefficient (Wildman–Crippen LogP) is -0.0120. The van der Waals surface area contributed by atoms with Crippen LogP contribution < -0.4 is 4.90 Å². The molecule has 1 aromatic carbocycles. The van der Waals surface area contributed by atoms with Gasteiger partial charge in [-0.3, -0.25) is 15.0 Å². The van der Waals surface area contributed by atoms with E-state index >= 15 is 0 Å². The van der Waals surface area contributed by atoms with Gasteiger partial charge in [-0.15, -0.1) is 15.0 Å². The van der Waals surface area contributed by atoms with Crippen LogP contribution in [0.5, 0.6) is 0 Å². The van der Waals surface area contributed by atoms with Gasteiger partial charge in [0.05, 0.1) is 11.5 Å². The Morgan fingerprint density at radius 1 is 1.19 bits per heavy atom. The monoisotopic (exact) mass is 362 g/mol. The van der Waals surface area contributed by atoms with Crippen molar-refractivity contribution < 1.29 is 19.9 Å². The quantitative estimate of drug-likeness (QED) is 0.536. The summed E-state index contributed by atoms with van der Waals surface area (Å²) < 4.78 is 0. The van der Waals surface area contributed by atoms with Crippen molar-refractivity contribution in [2.24, 2.45) is 0 Å². The van der Waals surface area contributed by atoms with Crippen molar-refractivity contribution in [3.63, 3.8) is 0 Å². The van der Waals surface area contributed by atoms with Crippen molar-refractivity contribution in [1.29, 1.82) is 0 Å². The van der Waals surface area contributed by atoms with Crippen molar-refractivity contribution in [2.45, 2.75) is 0 Å². The second-order valence-electron chi connectivity index (χ2n) is 5.76. The van der Waals surface area contributed by atoms with E-state index in [1.165, 1.54) is 18.2 Å². The number of aromatic nitrogens is 3. The van der Waals surface area contributed by atoms with Crippen LogP contribution >= 0.6 is 0 Å². The van der Waals surface area contributed by atoms with E-state index in [1.807, 2.05) is 0 Å². The number of aliphatic hydroxyl groups is 1. The fourth-order valence-corrected chi connectivity index (χ4v) is 2.87. The second-order valence-corrected chi connectivity index (χ2v) is 5.76. The zero-order valence-corrected chi connectivity index (χ0v) is 13.9. The van der Waals surface area contributed by atoms with Crippen LogP contribution in [0.3, 0.4) is 0 Å². The third kappa shape index (κ3) is 3.48. The highest BCUT2D eigenvalue weighted by atomic mass is 16.6. The molecule has 26 heavy (non-hydrogen) atoms. The van der Waals surface area contributed by atoms with E-state index in [9.17, 15) is 20.0 Å². The molecule has 1 saturated heterocycles. The molecule has 0 unspecified atom stereocenters. The summed E-state index contributed by atoms with van der Waals surface area (Å²) in [5, 5.41) is 37.8. The molecule has 11 nitrogen and oxygen atoms in total. The number of aromatic carboxylic acids is 1. The third-order valence-electron chi connectivity index (χ3n) is 4.18. The molecule has 0 radical (unpaired) electrons. The molecule has 1 aliphatic heterocycles. The molecule has 1 aromatic heterocycles. The minimum Gasteiger partial charge on any atom is -0.476 e. The lowest BCUT2D eigenvalue weighted by atomic mass is 10.3. The summed E-state index contributed by atoms with van der Waals surface area (Å²) in [4.78, 5) is 27.1. The van der Waals surface area contributed by atoms with Crippen LogP contribution in [0.25, 0.3) is 5.69 Å². The van der Waals surface area contributed by atoms with E-state index in [0.29, 0.717) is 32.7 Å². The van der Waals surface area contributed by atoms with Crippen molar-refractivity contribution in [3.05, 3.63) is 40.1 Å².